The van der Waals surface area contributed by atoms with E-state index in [4.69, 9.17) is 5.73 Å². The maximum Gasteiger partial charge on any atom is 0.274 e. The van der Waals surface area contributed by atoms with Crippen LogP contribution in [0.1, 0.15) is 30.0 Å². The molecule has 1 atom stereocenters. The molecule has 0 bridgehead atoms. The molecule has 2 heterocycles. The number of nitrogens with zero attached hydrogens (tertiary/aromatic N) is 4. The van der Waals surface area contributed by atoms with Gasteiger partial charge in [-0.3, -0.25) is 19.5 Å². The maximum atomic E-state index is 12.4. The molecule has 1 aliphatic rings. The van der Waals surface area contributed by atoms with Gasteiger partial charge in [-0.2, -0.15) is 0 Å². The summed E-state index contributed by atoms with van der Waals surface area (Å²) in [6.07, 6.45) is 3.02. The molecule has 0 aromatic carbocycles. The van der Waals surface area contributed by atoms with Crippen LogP contribution in [0.3, 0.4) is 0 Å². The molecule has 0 radical (unpaired) electrons. The summed E-state index contributed by atoms with van der Waals surface area (Å²) in [6, 6.07) is -0.250. The molecule has 1 saturated heterocycles. The molecule has 7 nitrogen and oxygen atoms in total. The van der Waals surface area contributed by atoms with Crippen LogP contribution < -0.4 is 5.73 Å². The maximum absolute atomic E-state index is 12.4. The molecule has 1 aromatic heterocycles. The summed E-state index contributed by atoms with van der Waals surface area (Å²) < 4.78 is 0. The minimum absolute atomic E-state index is 0.207. The van der Waals surface area contributed by atoms with Gasteiger partial charge in [-0.15, -0.1) is 0 Å². The van der Waals surface area contributed by atoms with Crippen LogP contribution in [-0.4, -0.2) is 63.3 Å². The van der Waals surface area contributed by atoms with E-state index in [9.17, 15) is 9.59 Å². The van der Waals surface area contributed by atoms with Crippen LogP contribution in [0.4, 0.5) is 0 Å². The Bertz CT molecular complexity index is 529. The minimum atomic E-state index is -0.457. The van der Waals surface area contributed by atoms with E-state index in [-0.39, 0.29) is 11.9 Å². The molecule has 2 amide bonds. The number of rotatable bonds is 3. The van der Waals surface area contributed by atoms with Crippen molar-refractivity contribution in [1.29, 1.82) is 0 Å². The van der Waals surface area contributed by atoms with Crippen molar-refractivity contribution in [3.8, 4) is 0 Å². The molecule has 2 rings (SSSR count). The molecule has 1 fully saturated rings. The van der Waals surface area contributed by atoms with Crippen LogP contribution in [0.2, 0.25) is 0 Å². The van der Waals surface area contributed by atoms with Crippen molar-refractivity contribution in [2.45, 2.75) is 32.9 Å². The Hall–Kier alpha value is -2.02. The summed E-state index contributed by atoms with van der Waals surface area (Å²) in [5.41, 5.74) is 6.52. The zero-order valence-electron chi connectivity index (χ0n) is 12.6. The first-order chi connectivity index (χ1) is 9.90. The third-order valence-electron chi connectivity index (χ3n) is 3.70. The first-order valence-corrected chi connectivity index (χ1v) is 7.03. The van der Waals surface area contributed by atoms with Crippen LogP contribution in [-0.2, 0) is 4.79 Å². The highest BCUT2D eigenvalue weighted by molar-refractivity contribution is 5.92. The number of hydrogen-bond donors (Lipinski definition) is 1. The van der Waals surface area contributed by atoms with Crippen molar-refractivity contribution in [3.63, 3.8) is 0 Å². The second kappa shape index (κ2) is 6.17. The molecule has 1 aromatic rings. The third kappa shape index (κ3) is 3.36. The minimum Gasteiger partial charge on any atom is -0.368 e. The number of nitrogens with two attached hydrogens (primary N) is 1. The highest BCUT2D eigenvalue weighted by atomic mass is 16.2. The van der Waals surface area contributed by atoms with E-state index in [2.05, 4.69) is 9.97 Å². The van der Waals surface area contributed by atoms with E-state index < -0.39 is 11.9 Å². The van der Waals surface area contributed by atoms with E-state index in [0.29, 0.717) is 25.3 Å². The zero-order valence-corrected chi connectivity index (χ0v) is 12.6. The summed E-state index contributed by atoms with van der Waals surface area (Å²) in [6.45, 7) is 7.30. The fraction of sp³-hybridized carbons (Fsp3) is 0.571. The highest BCUT2D eigenvalue weighted by Crippen LogP contribution is 2.15. The first-order valence-electron chi connectivity index (χ1n) is 7.03. The zero-order chi connectivity index (χ0) is 15.6. The van der Waals surface area contributed by atoms with E-state index in [1.54, 1.807) is 11.1 Å². The fourth-order valence-electron chi connectivity index (χ4n) is 2.52. The van der Waals surface area contributed by atoms with E-state index >= 15 is 0 Å². The number of primary amides is 1. The van der Waals surface area contributed by atoms with Gasteiger partial charge in [-0.1, -0.05) is 0 Å². The summed E-state index contributed by atoms with van der Waals surface area (Å²) >= 11 is 0. The number of amides is 2. The van der Waals surface area contributed by atoms with E-state index in [0.717, 1.165) is 5.69 Å². The molecule has 0 saturated carbocycles. The van der Waals surface area contributed by atoms with Gasteiger partial charge in [0.25, 0.3) is 5.91 Å². The van der Waals surface area contributed by atoms with E-state index in [1.807, 2.05) is 25.7 Å². The number of piperazine rings is 1. The topological polar surface area (TPSA) is 92.4 Å². The summed E-state index contributed by atoms with van der Waals surface area (Å²) in [4.78, 5) is 35.9. The largest absolute Gasteiger partial charge is 0.368 e. The molecular formula is C14H21N5O2. The SMILES string of the molecule is Cc1cnc(C(=O)N2CCN(C(C)C)[C@H](C(N)=O)C2)cn1. The van der Waals surface area contributed by atoms with Gasteiger partial charge in [0.15, 0.2) is 0 Å². The molecule has 114 valence electrons. The fourth-order valence-corrected chi connectivity index (χ4v) is 2.52. The number of carbonyl (C=O) groups excluding carboxylic acids is 2. The van der Waals surface area contributed by atoms with Crippen LogP contribution in [0.5, 0.6) is 0 Å². The van der Waals surface area contributed by atoms with Crippen molar-refractivity contribution in [2.24, 2.45) is 5.73 Å². The van der Waals surface area contributed by atoms with Gasteiger partial charge >= 0.3 is 0 Å². The predicted molar refractivity (Wildman–Crippen MR) is 77.5 cm³/mol. The Kier molecular flexibility index (Phi) is 4.52. The lowest BCUT2D eigenvalue weighted by molar-refractivity contribution is -0.126. The molecule has 2 N–H and O–H groups in total. The van der Waals surface area contributed by atoms with Crippen LogP contribution >= 0.6 is 0 Å². The molecule has 0 unspecified atom stereocenters. The number of hydrogen-bond acceptors (Lipinski definition) is 5. The predicted octanol–water partition coefficient (Wildman–Crippen LogP) is -0.195. The van der Waals surface area contributed by atoms with Gasteiger partial charge in [-0.05, 0) is 20.8 Å². The highest BCUT2D eigenvalue weighted by Gasteiger charge is 2.34. The average molecular weight is 291 g/mol. The Balaban J connectivity index is 2.13. The smallest absolute Gasteiger partial charge is 0.274 e. The Morgan fingerprint density at radius 1 is 1.29 bits per heavy atom. The Morgan fingerprint density at radius 3 is 2.52 bits per heavy atom. The molecule has 1 aliphatic heterocycles. The molecule has 21 heavy (non-hydrogen) atoms. The lowest BCUT2D eigenvalue weighted by atomic mass is 10.1. The third-order valence-corrected chi connectivity index (χ3v) is 3.70. The Morgan fingerprint density at radius 2 is 2.00 bits per heavy atom. The number of aromatic nitrogens is 2. The van der Waals surface area contributed by atoms with Crippen LogP contribution in [0.15, 0.2) is 12.4 Å². The first kappa shape index (κ1) is 15.4. The Labute approximate surface area is 124 Å². The van der Waals surface area contributed by atoms with Crippen molar-refractivity contribution < 1.29 is 9.59 Å². The molecular weight excluding hydrogens is 270 g/mol. The summed E-state index contributed by atoms with van der Waals surface area (Å²) in [5, 5.41) is 0. The molecule has 7 heteroatoms. The average Bonchev–Trinajstić information content (AvgIpc) is 2.46. The van der Waals surface area contributed by atoms with Crippen molar-refractivity contribution in [1.82, 2.24) is 19.8 Å². The number of aryl methyl sites for hydroxylation is 1. The summed E-state index contributed by atoms with van der Waals surface area (Å²) in [5.74, 6) is -0.617. The second-order valence-electron chi connectivity index (χ2n) is 5.54. The van der Waals surface area contributed by atoms with E-state index in [1.165, 1.54) is 6.20 Å². The van der Waals surface area contributed by atoms with Gasteiger partial charge in [0.2, 0.25) is 5.91 Å². The molecule has 0 spiro atoms. The lowest BCUT2D eigenvalue weighted by Gasteiger charge is -2.41. The van der Waals surface area contributed by atoms with Crippen LogP contribution in [0.25, 0.3) is 0 Å². The molecule has 0 aliphatic carbocycles. The van der Waals surface area contributed by atoms with Crippen molar-refractivity contribution in [3.05, 3.63) is 23.8 Å². The lowest BCUT2D eigenvalue weighted by Crippen LogP contribution is -2.61. The quantitative estimate of drug-likeness (QED) is 0.833. The van der Waals surface area contributed by atoms with Crippen LogP contribution in [0, 0.1) is 6.92 Å². The second-order valence-corrected chi connectivity index (χ2v) is 5.54. The summed E-state index contributed by atoms with van der Waals surface area (Å²) in [7, 11) is 0. The van der Waals surface area contributed by atoms with Gasteiger partial charge in [-0.25, -0.2) is 4.98 Å². The van der Waals surface area contributed by atoms with Crippen molar-refractivity contribution >= 4 is 11.8 Å². The monoisotopic (exact) mass is 291 g/mol. The standard InChI is InChI=1S/C14H21N5O2/c1-9(2)19-5-4-18(8-12(19)13(15)20)14(21)11-7-16-10(3)6-17-11/h6-7,9,12H,4-5,8H2,1-3H3,(H2,15,20)/t12-/m0/s1. The van der Waals surface area contributed by atoms with Gasteiger partial charge in [0.1, 0.15) is 11.7 Å². The van der Waals surface area contributed by atoms with Gasteiger partial charge < -0.3 is 10.6 Å². The normalized spacial score (nSPS) is 19.8. The van der Waals surface area contributed by atoms with Crippen molar-refractivity contribution in [2.75, 3.05) is 19.6 Å². The van der Waals surface area contributed by atoms with Gasteiger partial charge in [0, 0.05) is 31.9 Å². The van der Waals surface area contributed by atoms with Gasteiger partial charge in [0.05, 0.1) is 11.9 Å². The number of carbonyl (C=O) groups is 2.